The lowest BCUT2D eigenvalue weighted by Gasteiger charge is -2.61. The Bertz CT molecular complexity index is 1070. The van der Waals surface area contributed by atoms with Gasteiger partial charge in [0.25, 0.3) is 0 Å². The number of piperidine rings is 1. The summed E-state index contributed by atoms with van der Waals surface area (Å²) in [5.74, 6) is 1.50. The number of fused-ring (bicyclic) bond motifs is 2. The van der Waals surface area contributed by atoms with Crippen molar-refractivity contribution < 1.29 is 9.21 Å². The zero-order valence-electron chi connectivity index (χ0n) is 16.0. The van der Waals surface area contributed by atoms with Crippen LogP contribution in [0.4, 0.5) is 10.5 Å². The van der Waals surface area contributed by atoms with Gasteiger partial charge in [0.05, 0.1) is 5.02 Å². The summed E-state index contributed by atoms with van der Waals surface area (Å²) in [7, 11) is 1.79. The van der Waals surface area contributed by atoms with Crippen LogP contribution >= 0.6 is 11.6 Å². The quantitative estimate of drug-likeness (QED) is 0.705. The van der Waals surface area contributed by atoms with Gasteiger partial charge in [-0.25, -0.2) is 9.78 Å². The van der Waals surface area contributed by atoms with Crippen molar-refractivity contribution in [1.82, 2.24) is 29.9 Å². The summed E-state index contributed by atoms with van der Waals surface area (Å²) < 4.78 is 7.11. The smallest absolute Gasteiger partial charge is 0.323 e. The summed E-state index contributed by atoms with van der Waals surface area (Å²) in [6.07, 6.45) is 5.54. The maximum Gasteiger partial charge on any atom is 0.323 e. The average molecular weight is 414 g/mol. The topological polar surface area (TPSA) is 102 Å². The molecule has 3 atom stereocenters. The number of urea groups is 1. The van der Waals surface area contributed by atoms with E-state index >= 15 is 0 Å². The van der Waals surface area contributed by atoms with E-state index in [1.165, 1.54) is 6.39 Å². The first kappa shape index (κ1) is 18.1. The van der Waals surface area contributed by atoms with Gasteiger partial charge >= 0.3 is 6.03 Å². The highest BCUT2D eigenvalue weighted by Gasteiger charge is 2.62. The molecule has 3 aromatic rings. The number of nitrogens with one attached hydrogen (secondary N) is 1. The molecule has 6 rings (SSSR count). The number of aromatic nitrogens is 5. The van der Waals surface area contributed by atoms with Crippen LogP contribution in [-0.2, 0) is 12.6 Å². The molecule has 0 radical (unpaired) electrons. The molecule has 150 valence electrons. The van der Waals surface area contributed by atoms with E-state index in [1.807, 2.05) is 4.90 Å². The molecule has 3 fully saturated rings. The minimum Gasteiger partial charge on any atom is -0.425 e. The van der Waals surface area contributed by atoms with E-state index in [9.17, 15) is 4.79 Å². The van der Waals surface area contributed by atoms with Crippen molar-refractivity contribution in [3.63, 3.8) is 0 Å². The van der Waals surface area contributed by atoms with Crippen LogP contribution in [0, 0.1) is 5.92 Å². The molecule has 9 nitrogen and oxygen atoms in total. The van der Waals surface area contributed by atoms with Crippen LogP contribution in [0.1, 0.15) is 32.1 Å². The number of anilines is 1. The fraction of sp³-hybridized carbons (Fsp3) is 0.421. The first-order valence-corrected chi connectivity index (χ1v) is 9.86. The zero-order chi connectivity index (χ0) is 20.2. The average Bonchev–Trinajstić information content (AvgIpc) is 3.34. The number of halogens is 1. The van der Waals surface area contributed by atoms with Crippen molar-refractivity contribution in [3.05, 3.63) is 41.8 Å². The summed E-state index contributed by atoms with van der Waals surface area (Å²) in [5, 5.41) is 15.7. The molecule has 3 aliphatic rings. The second kappa shape index (κ2) is 6.55. The van der Waals surface area contributed by atoms with Crippen LogP contribution in [0.5, 0.6) is 0 Å². The first-order valence-electron chi connectivity index (χ1n) is 9.49. The molecule has 2 aromatic heterocycles. The van der Waals surface area contributed by atoms with E-state index in [4.69, 9.17) is 16.0 Å². The molecule has 4 heterocycles. The zero-order valence-corrected chi connectivity index (χ0v) is 16.8. The van der Waals surface area contributed by atoms with Crippen molar-refractivity contribution in [2.24, 2.45) is 13.0 Å². The number of rotatable bonds is 3. The van der Waals surface area contributed by atoms with Gasteiger partial charge in [-0.05, 0) is 37.0 Å². The van der Waals surface area contributed by atoms with E-state index in [2.05, 4.69) is 32.5 Å². The summed E-state index contributed by atoms with van der Waals surface area (Å²) in [6, 6.07) is 5.26. The maximum atomic E-state index is 13.2. The van der Waals surface area contributed by atoms with Gasteiger partial charge in [-0.15, -0.1) is 10.2 Å². The van der Waals surface area contributed by atoms with Crippen molar-refractivity contribution in [3.8, 4) is 11.4 Å². The van der Waals surface area contributed by atoms with Gasteiger partial charge < -0.3 is 14.6 Å². The van der Waals surface area contributed by atoms with Crippen molar-refractivity contribution in [2.45, 2.75) is 37.8 Å². The van der Waals surface area contributed by atoms with Gasteiger partial charge in [-0.2, -0.15) is 5.10 Å². The van der Waals surface area contributed by atoms with Gasteiger partial charge in [0.1, 0.15) is 11.9 Å². The highest BCUT2D eigenvalue weighted by Crippen LogP contribution is 2.55. The standard InChI is InChI=1S/C19H20ClN7O2/c1-11-5-13-8-19(7-11,17-24-22-10-29-17)27(13)18(28)23-12-3-4-15(20)14(6-12)16-21-9-26(2)25-16/h3-4,6,9-11,13H,5,7-8H2,1-2H3,(H,23,28)/t11-,13-,19+/m1/s1. The molecule has 1 saturated carbocycles. The Morgan fingerprint density at radius 3 is 2.97 bits per heavy atom. The maximum absolute atomic E-state index is 13.2. The van der Waals surface area contributed by atoms with Crippen LogP contribution < -0.4 is 5.32 Å². The molecule has 2 amide bonds. The SMILES string of the molecule is C[C@@H]1C[C@@H]2C[C@](c3nnco3)(C1)N2C(=O)Nc1ccc(Cl)c(-c2ncn(C)n2)c1. The van der Waals surface area contributed by atoms with Crippen molar-refractivity contribution in [2.75, 3.05) is 5.32 Å². The Hall–Kier alpha value is -2.94. The lowest BCUT2D eigenvalue weighted by Crippen LogP contribution is -2.70. The molecule has 1 aromatic carbocycles. The second-order valence-corrected chi connectivity index (χ2v) is 8.32. The predicted octanol–water partition coefficient (Wildman–Crippen LogP) is 3.45. The molecule has 1 N–H and O–H groups in total. The third kappa shape index (κ3) is 2.88. The Balaban J connectivity index is 1.42. The van der Waals surface area contributed by atoms with Crippen LogP contribution in [0.25, 0.3) is 11.4 Å². The predicted molar refractivity (Wildman–Crippen MR) is 105 cm³/mol. The van der Waals surface area contributed by atoms with Crippen molar-refractivity contribution >= 4 is 23.3 Å². The largest absolute Gasteiger partial charge is 0.425 e. The molecule has 0 spiro atoms. The van der Waals surface area contributed by atoms with E-state index in [0.717, 1.165) is 19.3 Å². The minimum absolute atomic E-state index is 0.162. The van der Waals surface area contributed by atoms with Gasteiger partial charge in [0, 0.05) is 30.8 Å². The van der Waals surface area contributed by atoms with Gasteiger partial charge in [0.15, 0.2) is 5.82 Å². The van der Waals surface area contributed by atoms with E-state index in [1.54, 1.807) is 36.3 Å². The number of aryl methyl sites for hydroxylation is 1. The summed E-state index contributed by atoms with van der Waals surface area (Å²) >= 11 is 6.32. The van der Waals surface area contributed by atoms with E-state index in [0.29, 0.717) is 33.9 Å². The lowest BCUT2D eigenvalue weighted by molar-refractivity contribution is -0.110. The molecular formula is C19H20ClN7O2. The molecule has 2 aliphatic heterocycles. The first-order chi connectivity index (χ1) is 14.0. The highest BCUT2D eigenvalue weighted by molar-refractivity contribution is 6.33. The Kier molecular flexibility index (Phi) is 4.09. The summed E-state index contributed by atoms with van der Waals surface area (Å²) in [4.78, 5) is 19.3. The third-order valence-corrected chi connectivity index (χ3v) is 6.12. The Morgan fingerprint density at radius 2 is 2.24 bits per heavy atom. The molecule has 0 unspecified atom stereocenters. The number of amides is 2. The molecule has 2 bridgehead atoms. The number of carbonyl (C=O) groups is 1. The molecule has 2 saturated heterocycles. The highest BCUT2D eigenvalue weighted by atomic mass is 35.5. The number of hydrogen-bond donors (Lipinski definition) is 1. The van der Waals surface area contributed by atoms with Crippen molar-refractivity contribution in [1.29, 1.82) is 0 Å². The number of carbonyl (C=O) groups excluding carboxylic acids is 1. The second-order valence-electron chi connectivity index (χ2n) is 7.92. The molecular weight excluding hydrogens is 394 g/mol. The molecule has 29 heavy (non-hydrogen) atoms. The summed E-state index contributed by atoms with van der Waals surface area (Å²) in [5.41, 5.74) is 0.760. The molecule has 10 heteroatoms. The normalized spacial score (nSPS) is 25.6. The molecule has 1 aliphatic carbocycles. The minimum atomic E-state index is -0.527. The van der Waals surface area contributed by atoms with E-state index < -0.39 is 5.54 Å². The number of benzene rings is 1. The van der Waals surface area contributed by atoms with Crippen LogP contribution in [0.3, 0.4) is 0 Å². The van der Waals surface area contributed by atoms with Crippen LogP contribution in [0.15, 0.2) is 35.3 Å². The number of hydrogen-bond acceptors (Lipinski definition) is 6. The lowest BCUT2D eigenvalue weighted by atomic mass is 9.64. The Labute approximate surface area is 172 Å². The van der Waals surface area contributed by atoms with Crippen LogP contribution in [-0.4, -0.2) is 41.9 Å². The number of nitrogens with zero attached hydrogens (tertiary/aromatic N) is 6. The monoisotopic (exact) mass is 413 g/mol. The van der Waals surface area contributed by atoms with Gasteiger partial charge in [-0.1, -0.05) is 18.5 Å². The van der Waals surface area contributed by atoms with E-state index in [-0.39, 0.29) is 12.1 Å². The summed E-state index contributed by atoms with van der Waals surface area (Å²) in [6.45, 7) is 2.19. The van der Waals surface area contributed by atoms with Crippen LogP contribution in [0.2, 0.25) is 5.02 Å². The Morgan fingerprint density at radius 1 is 1.38 bits per heavy atom. The van der Waals surface area contributed by atoms with Gasteiger partial charge in [0.2, 0.25) is 12.3 Å². The van der Waals surface area contributed by atoms with Gasteiger partial charge in [-0.3, -0.25) is 4.68 Å². The fourth-order valence-electron chi connectivity index (χ4n) is 4.75. The fourth-order valence-corrected chi connectivity index (χ4v) is 4.95. The third-order valence-electron chi connectivity index (χ3n) is 5.80.